The van der Waals surface area contributed by atoms with Crippen molar-refractivity contribution in [2.45, 2.75) is 39.2 Å². The molecule has 0 atom stereocenters. The van der Waals surface area contributed by atoms with Crippen molar-refractivity contribution in [1.82, 2.24) is 14.9 Å². The monoisotopic (exact) mass is 367 g/mol. The third kappa shape index (κ3) is 3.89. The van der Waals surface area contributed by atoms with Crippen LogP contribution in [0.1, 0.15) is 35.3 Å². The maximum atomic E-state index is 12.5. The van der Waals surface area contributed by atoms with Crippen LogP contribution in [0, 0.1) is 12.8 Å². The second-order valence-corrected chi connectivity index (χ2v) is 8.32. The highest BCUT2D eigenvalue weighted by molar-refractivity contribution is 7.09. The minimum absolute atomic E-state index is 0.240. The summed E-state index contributed by atoms with van der Waals surface area (Å²) in [6, 6.07) is 6.56. The summed E-state index contributed by atoms with van der Waals surface area (Å²) in [7, 11) is 0. The summed E-state index contributed by atoms with van der Waals surface area (Å²) >= 11 is 1.64. The average molecular weight is 368 g/mol. The minimum Gasteiger partial charge on any atom is -0.361 e. The summed E-state index contributed by atoms with van der Waals surface area (Å²) in [4.78, 5) is 23.6. The van der Waals surface area contributed by atoms with E-state index >= 15 is 0 Å². The van der Waals surface area contributed by atoms with Gasteiger partial charge in [-0.25, -0.2) is 0 Å². The van der Waals surface area contributed by atoms with Crippen LogP contribution in [0.4, 0.5) is 0 Å². The summed E-state index contributed by atoms with van der Waals surface area (Å²) < 4.78 is 0. The van der Waals surface area contributed by atoms with Crippen molar-refractivity contribution in [2.24, 2.45) is 5.92 Å². The molecular weight excluding hydrogens is 342 g/mol. The van der Waals surface area contributed by atoms with Crippen molar-refractivity contribution in [3.05, 3.63) is 52.1 Å². The molecule has 4 nitrogen and oxygen atoms in total. The molecule has 1 aromatic carbocycles. The lowest BCUT2D eigenvalue weighted by molar-refractivity contribution is -0.124. The van der Waals surface area contributed by atoms with E-state index in [1.165, 1.54) is 26.9 Å². The van der Waals surface area contributed by atoms with E-state index in [-0.39, 0.29) is 5.92 Å². The molecule has 0 saturated carbocycles. The molecule has 0 radical (unpaired) electrons. The third-order valence-corrected chi connectivity index (χ3v) is 6.30. The van der Waals surface area contributed by atoms with Crippen molar-refractivity contribution < 1.29 is 4.79 Å². The molecule has 2 aromatic heterocycles. The Kier molecular flexibility index (Phi) is 5.18. The Morgan fingerprint density at radius 2 is 2.19 bits per heavy atom. The minimum atomic E-state index is 0.240. The van der Waals surface area contributed by atoms with Gasteiger partial charge >= 0.3 is 0 Å². The zero-order chi connectivity index (χ0) is 17.9. The molecule has 1 fully saturated rings. The molecule has 1 aliphatic rings. The maximum Gasteiger partial charge on any atom is 0.136 e. The Balaban J connectivity index is 1.30. The summed E-state index contributed by atoms with van der Waals surface area (Å²) in [6.07, 6.45) is 7.50. The number of carbonyl (C=O) groups is 1. The molecule has 1 aliphatic heterocycles. The fourth-order valence-electron chi connectivity index (χ4n) is 3.89. The molecule has 26 heavy (non-hydrogen) atoms. The standard InChI is InChI=1S/C21H25N3OS/c1-15-2-4-20-19(10-15)17(11-23-20)13-24-8-6-16(7-9-24)21(25)5-3-18-12-22-14-26-18/h2,4,10-12,14,16,23H,3,5-9,13H2,1H3. The number of piperidine rings is 1. The van der Waals surface area contributed by atoms with Crippen molar-refractivity contribution in [3.8, 4) is 0 Å². The Labute approximate surface area is 158 Å². The smallest absolute Gasteiger partial charge is 0.136 e. The number of carbonyl (C=O) groups excluding carboxylic acids is 1. The van der Waals surface area contributed by atoms with Crippen molar-refractivity contribution >= 4 is 28.0 Å². The maximum absolute atomic E-state index is 12.5. The Bertz CT molecular complexity index is 876. The van der Waals surface area contributed by atoms with E-state index in [0.29, 0.717) is 12.2 Å². The number of nitrogens with zero attached hydrogens (tertiary/aromatic N) is 2. The van der Waals surface area contributed by atoms with Crippen LogP contribution in [0.2, 0.25) is 0 Å². The van der Waals surface area contributed by atoms with E-state index in [2.05, 4.69) is 46.2 Å². The number of fused-ring (bicyclic) bond motifs is 1. The van der Waals surface area contributed by atoms with Gasteiger partial charge < -0.3 is 4.98 Å². The Morgan fingerprint density at radius 3 is 2.96 bits per heavy atom. The molecule has 3 heterocycles. The molecule has 5 heteroatoms. The molecule has 1 saturated heterocycles. The topological polar surface area (TPSA) is 49.0 Å². The van der Waals surface area contributed by atoms with Crippen LogP contribution in [-0.4, -0.2) is 33.7 Å². The highest BCUT2D eigenvalue weighted by Crippen LogP contribution is 2.25. The lowest BCUT2D eigenvalue weighted by Crippen LogP contribution is -2.35. The van der Waals surface area contributed by atoms with E-state index in [0.717, 1.165) is 38.9 Å². The second-order valence-electron chi connectivity index (χ2n) is 7.35. The van der Waals surface area contributed by atoms with E-state index in [1.807, 2.05) is 11.7 Å². The van der Waals surface area contributed by atoms with Crippen LogP contribution in [0.3, 0.4) is 0 Å². The molecule has 0 aliphatic carbocycles. The largest absolute Gasteiger partial charge is 0.361 e. The van der Waals surface area contributed by atoms with Gasteiger partial charge in [0.15, 0.2) is 0 Å². The average Bonchev–Trinajstić information content (AvgIpc) is 3.30. The number of hydrogen-bond donors (Lipinski definition) is 1. The fraction of sp³-hybridized carbons (Fsp3) is 0.429. The van der Waals surface area contributed by atoms with Crippen LogP contribution in [0.5, 0.6) is 0 Å². The number of aromatic nitrogens is 2. The number of hydrogen-bond acceptors (Lipinski definition) is 4. The quantitative estimate of drug-likeness (QED) is 0.705. The fourth-order valence-corrected chi connectivity index (χ4v) is 4.49. The van der Waals surface area contributed by atoms with Gasteiger partial charge in [0.25, 0.3) is 0 Å². The first-order chi connectivity index (χ1) is 12.7. The van der Waals surface area contributed by atoms with Gasteiger partial charge in [-0.3, -0.25) is 14.7 Å². The molecule has 0 bridgehead atoms. The molecule has 1 N–H and O–H groups in total. The van der Waals surface area contributed by atoms with Gasteiger partial charge in [-0.2, -0.15) is 0 Å². The van der Waals surface area contributed by atoms with Gasteiger partial charge in [-0.1, -0.05) is 11.6 Å². The zero-order valence-electron chi connectivity index (χ0n) is 15.2. The lowest BCUT2D eigenvalue weighted by atomic mass is 9.90. The van der Waals surface area contributed by atoms with Crippen LogP contribution in [0.15, 0.2) is 36.1 Å². The summed E-state index contributed by atoms with van der Waals surface area (Å²) in [6.45, 7) is 5.12. The number of aryl methyl sites for hydroxylation is 2. The highest BCUT2D eigenvalue weighted by atomic mass is 32.1. The van der Waals surface area contributed by atoms with Crippen LogP contribution >= 0.6 is 11.3 Å². The Morgan fingerprint density at radius 1 is 1.35 bits per heavy atom. The predicted octanol–water partition coefficient (Wildman–Crippen LogP) is 4.35. The van der Waals surface area contributed by atoms with Gasteiger partial charge in [0.05, 0.1) is 5.51 Å². The molecule has 0 amide bonds. The predicted molar refractivity (Wildman–Crippen MR) is 106 cm³/mol. The van der Waals surface area contributed by atoms with Crippen LogP contribution in [-0.2, 0) is 17.8 Å². The van der Waals surface area contributed by atoms with Gasteiger partial charge in [0.2, 0.25) is 0 Å². The SMILES string of the molecule is Cc1ccc2[nH]cc(CN3CCC(C(=O)CCc4cncs4)CC3)c2c1. The summed E-state index contributed by atoms with van der Waals surface area (Å²) in [5, 5.41) is 1.33. The highest BCUT2D eigenvalue weighted by Gasteiger charge is 2.25. The number of benzene rings is 1. The normalized spacial score (nSPS) is 16.3. The molecule has 4 rings (SSSR count). The number of rotatable bonds is 6. The lowest BCUT2D eigenvalue weighted by Gasteiger charge is -2.31. The number of H-pyrrole nitrogens is 1. The number of aromatic amines is 1. The number of ketones is 1. The van der Waals surface area contributed by atoms with Gasteiger partial charge in [0.1, 0.15) is 5.78 Å². The van der Waals surface area contributed by atoms with E-state index in [1.54, 1.807) is 11.3 Å². The van der Waals surface area contributed by atoms with E-state index in [4.69, 9.17) is 0 Å². The van der Waals surface area contributed by atoms with Gasteiger partial charge in [-0.05, 0) is 57.0 Å². The first-order valence-electron chi connectivity index (χ1n) is 9.38. The van der Waals surface area contributed by atoms with Crippen LogP contribution in [0.25, 0.3) is 10.9 Å². The summed E-state index contributed by atoms with van der Waals surface area (Å²) in [5.41, 5.74) is 5.70. The second kappa shape index (κ2) is 7.72. The molecule has 3 aromatic rings. The number of Topliss-reactive ketones (excluding diaryl/α,β-unsaturated/α-hetero) is 1. The van der Waals surface area contributed by atoms with E-state index in [9.17, 15) is 4.79 Å². The van der Waals surface area contributed by atoms with E-state index < -0.39 is 0 Å². The summed E-state index contributed by atoms with van der Waals surface area (Å²) in [5.74, 6) is 0.671. The molecule has 0 unspecified atom stereocenters. The van der Waals surface area contributed by atoms with Crippen molar-refractivity contribution in [2.75, 3.05) is 13.1 Å². The Hall–Kier alpha value is -1.98. The van der Waals surface area contributed by atoms with Crippen LogP contribution < -0.4 is 0 Å². The number of likely N-dealkylation sites (tertiary alicyclic amines) is 1. The first-order valence-corrected chi connectivity index (χ1v) is 10.3. The molecule has 136 valence electrons. The molecular formula is C21H25N3OS. The van der Waals surface area contributed by atoms with Gasteiger partial charge in [0, 0.05) is 47.1 Å². The third-order valence-electron chi connectivity index (χ3n) is 5.46. The zero-order valence-corrected chi connectivity index (χ0v) is 16.0. The number of thiazole rings is 1. The van der Waals surface area contributed by atoms with Crippen molar-refractivity contribution in [3.63, 3.8) is 0 Å². The molecule has 0 spiro atoms. The number of nitrogens with one attached hydrogen (secondary N) is 1. The van der Waals surface area contributed by atoms with Gasteiger partial charge in [-0.15, -0.1) is 11.3 Å². The van der Waals surface area contributed by atoms with Crippen molar-refractivity contribution in [1.29, 1.82) is 0 Å². The first kappa shape index (κ1) is 17.4.